The van der Waals surface area contributed by atoms with E-state index in [0.717, 1.165) is 28.1 Å². The Hall–Kier alpha value is -2.06. The molecule has 0 aromatic carbocycles. The fourth-order valence-corrected chi connectivity index (χ4v) is 5.49. The van der Waals surface area contributed by atoms with Crippen molar-refractivity contribution in [2.45, 2.75) is 52.6 Å². The molecule has 3 heterocycles. The number of aromatic nitrogens is 3. The topological polar surface area (TPSA) is 91.0 Å². The lowest BCUT2D eigenvalue weighted by molar-refractivity contribution is 0.0467. The average molecular weight is 389 g/mol. The summed E-state index contributed by atoms with van der Waals surface area (Å²) < 4.78 is 5.39. The van der Waals surface area contributed by atoms with Crippen molar-refractivity contribution < 1.29 is 9.53 Å². The van der Waals surface area contributed by atoms with Crippen molar-refractivity contribution >= 4 is 44.7 Å². The summed E-state index contributed by atoms with van der Waals surface area (Å²) in [6.45, 7) is 3.68. The predicted molar refractivity (Wildman–Crippen MR) is 104 cm³/mol. The van der Waals surface area contributed by atoms with E-state index in [2.05, 4.69) is 15.0 Å². The van der Waals surface area contributed by atoms with Crippen molar-refractivity contribution in [3.63, 3.8) is 0 Å². The zero-order valence-electron chi connectivity index (χ0n) is 14.8. The molecule has 6 nitrogen and oxygen atoms in total. The molecule has 2 N–H and O–H groups in total. The second-order valence-corrected chi connectivity index (χ2v) is 8.78. The summed E-state index contributed by atoms with van der Waals surface area (Å²) in [6, 6.07) is 0. The van der Waals surface area contributed by atoms with Gasteiger partial charge in [0.05, 0.1) is 16.1 Å². The van der Waals surface area contributed by atoms with Gasteiger partial charge in [-0.3, -0.25) is 0 Å². The number of nitrogen functional groups attached to an aromatic ring is 1. The molecule has 0 radical (unpaired) electrons. The largest absolute Gasteiger partial charge is 0.453 e. The predicted octanol–water partition coefficient (Wildman–Crippen LogP) is 3.97. The Balaban J connectivity index is 1.58. The monoisotopic (exact) mass is 388 g/mol. The van der Waals surface area contributed by atoms with Crippen molar-refractivity contribution in [2.75, 3.05) is 5.73 Å². The number of thiazole rings is 1. The van der Waals surface area contributed by atoms with Crippen molar-refractivity contribution in [2.24, 2.45) is 0 Å². The third kappa shape index (κ3) is 3.19. The molecule has 0 bridgehead atoms. The van der Waals surface area contributed by atoms with Crippen molar-refractivity contribution in [1.82, 2.24) is 15.0 Å². The summed E-state index contributed by atoms with van der Waals surface area (Å²) in [7, 11) is 0. The van der Waals surface area contributed by atoms with E-state index in [1.807, 2.05) is 6.92 Å². The van der Waals surface area contributed by atoms with Gasteiger partial charge in [-0.25, -0.2) is 19.7 Å². The summed E-state index contributed by atoms with van der Waals surface area (Å²) in [5, 5.41) is 1.84. The molecule has 0 saturated heterocycles. The quantitative estimate of drug-likeness (QED) is 0.539. The van der Waals surface area contributed by atoms with E-state index in [0.29, 0.717) is 22.2 Å². The van der Waals surface area contributed by atoms with Gasteiger partial charge >= 0.3 is 5.97 Å². The van der Waals surface area contributed by atoms with Crippen molar-refractivity contribution in [3.05, 3.63) is 31.8 Å². The van der Waals surface area contributed by atoms with Crippen LogP contribution in [0.4, 0.5) is 5.82 Å². The van der Waals surface area contributed by atoms with Gasteiger partial charge in [-0.05, 0) is 45.1 Å². The minimum atomic E-state index is -0.391. The first-order chi connectivity index (χ1) is 12.5. The number of esters is 1. The molecule has 4 rings (SSSR count). The maximum absolute atomic E-state index is 12.3. The number of carbonyl (C=O) groups excluding carboxylic acids is 1. The molecular formula is C18H20N4O2S2. The van der Waals surface area contributed by atoms with Crippen LogP contribution < -0.4 is 5.73 Å². The maximum Gasteiger partial charge on any atom is 0.350 e. The van der Waals surface area contributed by atoms with Crippen LogP contribution in [0.15, 0.2) is 0 Å². The summed E-state index contributed by atoms with van der Waals surface area (Å²) >= 11 is 3.03. The molecular weight excluding hydrogens is 368 g/mol. The zero-order chi connectivity index (χ0) is 18.3. The molecule has 3 aromatic heterocycles. The molecule has 8 heteroatoms. The number of hydrogen-bond donors (Lipinski definition) is 1. The minimum Gasteiger partial charge on any atom is -0.453 e. The first-order valence-corrected chi connectivity index (χ1v) is 10.3. The molecule has 136 valence electrons. The van der Waals surface area contributed by atoms with Gasteiger partial charge in [0, 0.05) is 4.88 Å². The van der Waals surface area contributed by atoms with Crippen LogP contribution in [0.1, 0.15) is 55.9 Å². The third-order valence-electron chi connectivity index (χ3n) is 4.56. The van der Waals surface area contributed by atoms with Crippen LogP contribution in [0.3, 0.4) is 0 Å². The number of anilines is 1. The molecule has 26 heavy (non-hydrogen) atoms. The second-order valence-electron chi connectivity index (χ2n) is 6.49. The highest BCUT2D eigenvalue weighted by molar-refractivity contribution is 7.19. The van der Waals surface area contributed by atoms with Crippen LogP contribution in [0.5, 0.6) is 0 Å². The van der Waals surface area contributed by atoms with E-state index < -0.39 is 5.97 Å². The molecule has 3 aromatic rings. The zero-order valence-corrected chi connectivity index (χ0v) is 16.4. The van der Waals surface area contributed by atoms with Crippen molar-refractivity contribution in [3.8, 4) is 0 Å². The Morgan fingerprint density at radius 1 is 1.12 bits per heavy atom. The van der Waals surface area contributed by atoms with Gasteiger partial charge in [-0.1, -0.05) is 6.42 Å². The maximum atomic E-state index is 12.3. The number of carbonyl (C=O) groups is 1. The van der Waals surface area contributed by atoms with Crippen LogP contribution in [0.25, 0.3) is 10.2 Å². The lowest BCUT2D eigenvalue weighted by Crippen LogP contribution is -2.08. The van der Waals surface area contributed by atoms with Gasteiger partial charge in [-0.15, -0.1) is 22.7 Å². The van der Waals surface area contributed by atoms with Crippen LogP contribution in [0.2, 0.25) is 0 Å². The van der Waals surface area contributed by atoms with E-state index in [9.17, 15) is 4.79 Å². The number of thiophene rings is 1. The summed E-state index contributed by atoms with van der Waals surface area (Å²) in [5.41, 5.74) is 8.24. The fourth-order valence-electron chi connectivity index (χ4n) is 3.39. The van der Waals surface area contributed by atoms with Gasteiger partial charge in [0.15, 0.2) is 12.4 Å². The van der Waals surface area contributed by atoms with Gasteiger partial charge in [0.2, 0.25) is 0 Å². The second kappa shape index (κ2) is 6.92. The number of hydrogen-bond acceptors (Lipinski definition) is 8. The number of nitrogens with zero attached hydrogens (tertiary/aromatic N) is 3. The lowest BCUT2D eigenvalue weighted by Gasteiger charge is -2.06. The Kier molecular flexibility index (Phi) is 4.62. The molecule has 0 fully saturated rings. The molecule has 0 unspecified atom stereocenters. The van der Waals surface area contributed by atoms with Gasteiger partial charge in [-0.2, -0.15) is 0 Å². The van der Waals surface area contributed by atoms with E-state index in [1.54, 1.807) is 18.3 Å². The average Bonchev–Trinajstić information content (AvgIpc) is 3.03. The van der Waals surface area contributed by atoms with Crippen LogP contribution in [-0.2, 0) is 24.2 Å². The number of fused-ring (bicyclic) bond motifs is 3. The van der Waals surface area contributed by atoms with E-state index >= 15 is 0 Å². The Morgan fingerprint density at radius 2 is 1.92 bits per heavy atom. The first kappa shape index (κ1) is 17.4. The summed E-state index contributed by atoms with van der Waals surface area (Å²) in [5.74, 6) is 0.543. The highest BCUT2D eigenvalue weighted by Crippen LogP contribution is 2.37. The fraction of sp³-hybridized carbons (Fsp3) is 0.444. The normalized spacial score (nSPS) is 14.2. The third-order valence-corrected chi connectivity index (χ3v) is 6.80. The standard InChI is InChI=1S/C18H20N4O2S2/c1-9-15(25-10(2)20-9)18(23)24-8-13-21-16(19)14-11-6-4-3-5-7-12(11)26-17(14)22-13/h3-8H2,1-2H3,(H2,19,21,22). The number of nitrogens with two attached hydrogens (primary N) is 1. The van der Waals surface area contributed by atoms with Crippen molar-refractivity contribution in [1.29, 1.82) is 0 Å². The molecule has 0 atom stereocenters. The Labute approximate surface area is 159 Å². The number of ether oxygens (including phenoxy) is 1. The molecule has 0 amide bonds. The number of aryl methyl sites for hydroxylation is 4. The van der Waals surface area contributed by atoms with Gasteiger partial charge in [0.1, 0.15) is 15.5 Å². The van der Waals surface area contributed by atoms with Gasteiger partial charge < -0.3 is 10.5 Å². The van der Waals surface area contributed by atoms with Crippen LogP contribution >= 0.6 is 22.7 Å². The van der Waals surface area contributed by atoms with E-state index in [-0.39, 0.29) is 6.61 Å². The highest BCUT2D eigenvalue weighted by Gasteiger charge is 2.20. The molecule has 0 aliphatic heterocycles. The smallest absolute Gasteiger partial charge is 0.350 e. The summed E-state index contributed by atoms with van der Waals surface area (Å²) in [6.07, 6.45) is 5.79. The summed E-state index contributed by atoms with van der Waals surface area (Å²) in [4.78, 5) is 28.3. The first-order valence-electron chi connectivity index (χ1n) is 8.70. The molecule has 1 aliphatic carbocycles. The molecule has 1 aliphatic rings. The Morgan fingerprint density at radius 3 is 2.69 bits per heavy atom. The SMILES string of the molecule is Cc1nc(C)c(C(=O)OCc2nc(N)c3c4c(sc3n2)CCCCC4)s1. The minimum absolute atomic E-state index is 0.0118. The molecule has 0 saturated carbocycles. The lowest BCUT2D eigenvalue weighted by atomic mass is 10.1. The van der Waals surface area contributed by atoms with Crippen LogP contribution in [-0.4, -0.2) is 20.9 Å². The highest BCUT2D eigenvalue weighted by atomic mass is 32.1. The Bertz CT molecular complexity index is 993. The van der Waals surface area contributed by atoms with Crippen LogP contribution in [0, 0.1) is 13.8 Å². The molecule has 0 spiro atoms. The van der Waals surface area contributed by atoms with E-state index in [1.165, 1.54) is 41.0 Å². The number of rotatable bonds is 3. The van der Waals surface area contributed by atoms with E-state index in [4.69, 9.17) is 10.5 Å². The van der Waals surface area contributed by atoms with Gasteiger partial charge in [0.25, 0.3) is 0 Å².